The highest BCUT2D eigenvalue weighted by molar-refractivity contribution is 5.94. The van der Waals surface area contributed by atoms with Gasteiger partial charge in [0.1, 0.15) is 5.82 Å². The highest BCUT2D eigenvalue weighted by atomic mass is 19.2. The van der Waals surface area contributed by atoms with Crippen molar-refractivity contribution in [3.8, 4) is 0 Å². The summed E-state index contributed by atoms with van der Waals surface area (Å²) >= 11 is 0. The van der Waals surface area contributed by atoms with Gasteiger partial charge in [0.25, 0.3) is 5.91 Å². The van der Waals surface area contributed by atoms with Gasteiger partial charge < -0.3 is 10.4 Å². The van der Waals surface area contributed by atoms with Gasteiger partial charge in [-0.15, -0.1) is 0 Å². The van der Waals surface area contributed by atoms with E-state index in [9.17, 15) is 18.7 Å². The lowest BCUT2D eigenvalue weighted by molar-refractivity contribution is 0.0916. The molecule has 3 N–H and O–H groups in total. The first-order valence-electron chi connectivity index (χ1n) is 7.74. The van der Waals surface area contributed by atoms with Gasteiger partial charge >= 0.3 is 0 Å². The molecule has 1 aromatic carbocycles. The number of rotatable bonds is 4. The second-order valence-corrected chi connectivity index (χ2v) is 6.11. The molecule has 8 heteroatoms. The van der Waals surface area contributed by atoms with Crippen LogP contribution in [0.3, 0.4) is 0 Å². The standard InChI is InChI=1S/C16H18F2N4O2/c1-8-20-15(22-21-8)10-4-11(14(23)6-10)7-19-16(24)9-2-3-12(17)13(18)5-9/h2-3,5,10-11,14,23H,4,6-7H2,1H3,(H,19,24)(H,20,21,22)/t10-,11+,14+/m0/s1. The minimum Gasteiger partial charge on any atom is -0.393 e. The summed E-state index contributed by atoms with van der Waals surface area (Å²) in [4.78, 5) is 16.3. The molecule has 1 saturated carbocycles. The molecule has 1 heterocycles. The fourth-order valence-corrected chi connectivity index (χ4v) is 3.04. The van der Waals surface area contributed by atoms with Gasteiger partial charge in [-0.3, -0.25) is 9.89 Å². The number of aliphatic hydroxyl groups excluding tert-OH is 1. The predicted molar refractivity (Wildman–Crippen MR) is 81.3 cm³/mol. The molecule has 2 aromatic rings. The van der Waals surface area contributed by atoms with Crippen molar-refractivity contribution in [2.24, 2.45) is 5.92 Å². The third-order valence-corrected chi connectivity index (χ3v) is 4.34. The second-order valence-electron chi connectivity index (χ2n) is 6.11. The summed E-state index contributed by atoms with van der Waals surface area (Å²) in [6, 6.07) is 2.99. The summed E-state index contributed by atoms with van der Waals surface area (Å²) in [7, 11) is 0. The fraction of sp³-hybridized carbons (Fsp3) is 0.438. The minimum absolute atomic E-state index is 0.0371. The highest BCUT2D eigenvalue weighted by Crippen LogP contribution is 2.36. The topological polar surface area (TPSA) is 90.9 Å². The van der Waals surface area contributed by atoms with Gasteiger partial charge in [0, 0.05) is 23.9 Å². The Morgan fingerprint density at radius 3 is 2.83 bits per heavy atom. The zero-order valence-corrected chi connectivity index (χ0v) is 13.1. The maximum atomic E-state index is 13.2. The van der Waals surface area contributed by atoms with E-state index in [4.69, 9.17) is 0 Å². The number of nitrogens with one attached hydrogen (secondary N) is 2. The van der Waals surface area contributed by atoms with E-state index in [-0.39, 0.29) is 23.9 Å². The molecule has 0 aliphatic heterocycles. The quantitative estimate of drug-likeness (QED) is 0.792. The van der Waals surface area contributed by atoms with Crippen LogP contribution in [-0.4, -0.2) is 38.8 Å². The smallest absolute Gasteiger partial charge is 0.251 e. The number of hydrogen-bond acceptors (Lipinski definition) is 4. The number of hydrogen-bond donors (Lipinski definition) is 3. The molecule has 0 saturated heterocycles. The Bertz CT molecular complexity index is 749. The molecule has 3 atom stereocenters. The SMILES string of the molecule is Cc1nc([C@H]2C[C@H](CNC(=O)c3ccc(F)c(F)c3)[C@H](O)C2)n[nH]1. The van der Waals surface area contributed by atoms with Crippen LogP contribution in [0, 0.1) is 24.5 Å². The third kappa shape index (κ3) is 3.43. The lowest BCUT2D eigenvalue weighted by Crippen LogP contribution is -2.32. The van der Waals surface area contributed by atoms with Gasteiger partial charge in [-0.05, 0) is 38.0 Å². The number of amides is 1. The summed E-state index contributed by atoms with van der Waals surface area (Å²) in [5, 5.41) is 19.7. The van der Waals surface area contributed by atoms with Gasteiger partial charge in [-0.25, -0.2) is 13.8 Å². The van der Waals surface area contributed by atoms with Gasteiger partial charge in [0.2, 0.25) is 0 Å². The van der Waals surface area contributed by atoms with Crippen LogP contribution < -0.4 is 5.32 Å². The molecule has 0 unspecified atom stereocenters. The van der Waals surface area contributed by atoms with E-state index in [1.165, 1.54) is 6.07 Å². The normalized spacial score (nSPS) is 23.4. The lowest BCUT2D eigenvalue weighted by atomic mass is 10.0. The summed E-state index contributed by atoms with van der Waals surface area (Å²) in [5.41, 5.74) is 0.0440. The molecule has 0 spiro atoms. The molecular formula is C16H18F2N4O2. The van der Waals surface area contributed by atoms with Crippen LogP contribution in [-0.2, 0) is 0 Å². The molecule has 6 nitrogen and oxygen atoms in total. The van der Waals surface area contributed by atoms with E-state index >= 15 is 0 Å². The number of aryl methyl sites for hydroxylation is 1. The molecule has 24 heavy (non-hydrogen) atoms. The maximum absolute atomic E-state index is 13.2. The van der Waals surface area contributed by atoms with Crippen molar-refractivity contribution in [1.29, 1.82) is 0 Å². The molecule has 1 aliphatic carbocycles. The Kier molecular flexibility index (Phi) is 4.57. The number of H-pyrrole nitrogens is 1. The monoisotopic (exact) mass is 336 g/mol. The van der Waals surface area contributed by atoms with Crippen molar-refractivity contribution in [1.82, 2.24) is 20.5 Å². The van der Waals surface area contributed by atoms with Crippen molar-refractivity contribution >= 4 is 5.91 Å². The van der Waals surface area contributed by atoms with E-state index in [2.05, 4.69) is 20.5 Å². The Morgan fingerprint density at radius 1 is 1.38 bits per heavy atom. The van der Waals surface area contributed by atoms with Gasteiger partial charge in [0.05, 0.1) is 6.10 Å². The molecular weight excluding hydrogens is 318 g/mol. The number of carbonyl (C=O) groups excluding carboxylic acids is 1. The van der Waals surface area contributed by atoms with Crippen LogP contribution in [0.25, 0.3) is 0 Å². The van der Waals surface area contributed by atoms with E-state index in [0.717, 1.165) is 18.0 Å². The van der Waals surface area contributed by atoms with Crippen LogP contribution in [0.1, 0.15) is 40.8 Å². The molecule has 128 valence electrons. The molecule has 1 aliphatic rings. The van der Waals surface area contributed by atoms with Gasteiger partial charge in [-0.2, -0.15) is 5.10 Å². The van der Waals surface area contributed by atoms with E-state index in [1.807, 2.05) is 0 Å². The first-order chi connectivity index (χ1) is 11.4. The molecule has 1 amide bonds. The van der Waals surface area contributed by atoms with E-state index < -0.39 is 23.6 Å². The van der Waals surface area contributed by atoms with Crippen molar-refractivity contribution < 1.29 is 18.7 Å². The van der Waals surface area contributed by atoms with Crippen molar-refractivity contribution in [3.05, 3.63) is 47.0 Å². The summed E-state index contributed by atoms with van der Waals surface area (Å²) in [5.74, 6) is -1.28. The van der Waals surface area contributed by atoms with Crippen LogP contribution >= 0.6 is 0 Å². The van der Waals surface area contributed by atoms with E-state index in [1.54, 1.807) is 6.92 Å². The minimum atomic E-state index is -1.07. The lowest BCUT2D eigenvalue weighted by Gasteiger charge is -2.15. The van der Waals surface area contributed by atoms with Crippen LogP contribution in [0.4, 0.5) is 8.78 Å². The average molecular weight is 336 g/mol. The molecule has 1 aromatic heterocycles. The van der Waals surface area contributed by atoms with Crippen LogP contribution in [0.15, 0.2) is 18.2 Å². The molecule has 0 bridgehead atoms. The van der Waals surface area contributed by atoms with Gasteiger partial charge in [0.15, 0.2) is 17.5 Å². The van der Waals surface area contributed by atoms with Gasteiger partial charge in [-0.1, -0.05) is 0 Å². The Morgan fingerprint density at radius 2 is 2.17 bits per heavy atom. The summed E-state index contributed by atoms with van der Waals surface area (Å²) in [6.07, 6.45) is 0.610. The van der Waals surface area contributed by atoms with Crippen molar-refractivity contribution in [2.75, 3.05) is 6.54 Å². The maximum Gasteiger partial charge on any atom is 0.251 e. The molecule has 1 fully saturated rings. The molecule has 3 rings (SSSR count). The van der Waals surface area contributed by atoms with Crippen LogP contribution in [0.2, 0.25) is 0 Å². The third-order valence-electron chi connectivity index (χ3n) is 4.34. The zero-order valence-electron chi connectivity index (χ0n) is 13.1. The van der Waals surface area contributed by atoms with Crippen molar-refractivity contribution in [2.45, 2.75) is 31.8 Å². The van der Waals surface area contributed by atoms with E-state index in [0.29, 0.717) is 18.7 Å². The fourth-order valence-electron chi connectivity index (χ4n) is 3.04. The second kappa shape index (κ2) is 6.64. The summed E-state index contributed by atoms with van der Waals surface area (Å²) in [6.45, 7) is 2.06. The number of nitrogens with zero attached hydrogens (tertiary/aromatic N) is 2. The van der Waals surface area contributed by atoms with Crippen LogP contribution in [0.5, 0.6) is 0 Å². The number of carbonyl (C=O) groups is 1. The summed E-state index contributed by atoms with van der Waals surface area (Å²) < 4.78 is 26.1. The first-order valence-corrected chi connectivity index (χ1v) is 7.74. The number of benzene rings is 1. The molecule has 0 radical (unpaired) electrons. The Labute approximate surface area is 137 Å². The number of aromatic nitrogens is 3. The predicted octanol–water partition coefficient (Wildman–Crippen LogP) is 1.68. The number of aromatic amines is 1. The number of aliphatic hydroxyl groups is 1. The zero-order chi connectivity index (χ0) is 17.3. The Hall–Kier alpha value is -2.35. The highest BCUT2D eigenvalue weighted by Gasteiger charge is 2.35. The number of halogens is 2. The average Bonchev–Trinajstić information content (AvgIpc) is 3.13. The van der Waals surface area contributed by atoms with Crippen molar-refractivity contribution in [3.63, 3.8) is 0 Å². The largest absolute Gasteiger partial charge is 0.393 e. The first kappa shape index (κ1) is 16.5. The Balaban J connectivity index is 1.58.